The maximum absolute atomic E-state index is 12.7. The SMILES string of the molecule is CCCCCCCCC/C=C\CCCCCCCC(=O)OC(COC(=O)CCCCCCCCCCCCCC)COP(=O)(O)OCC[N+](C)(C)C. The summed E-state index contributed by atoms with van der Waals surface area (Å²) in [6.45, 7) is 4.42. The molecule has 2 atom stereocenters. The monoisotopic (exact) mass is 761 g/mol. The molecule has 0 bridgehead atoms. The number of phosphoric acid groups is 1. The molecule has 0 heterocycles. The Labute approximate surface area is 320 Å². The minimum Gasteiger partial charge on any atom is -0.462 e. The van der Waals surface area contributed by atoms with Crippen molar-refractivity contribution in [2.45, 2.75) is 200 Å². The third-order valence-electron chi connectivity index (χ3n) is 9.30. The van der Waals surface area contributed by atoms with Crippen molar-refractivity contribution in [2.75, 3.05) is 47.5 Å². The van der Waals surface area contributed by atoms with Crippen LogP contribution in [0.2, 0.25) is 0 Å². The fourth-order valence-corrected chi connectivity index (χ4v) is 6.63. The predicted molar refractivity (Wildman–Crippen MR) is 215 cm³/mol. The number of carbonyl (C=O) groups is 2. The quantitative estimate of drug-likeness (QED) is 0.0217. The van der Waals surface area contributed by atoms with Crippen LogP contribution in [-0.4, -0.2) is 74.9 Å². The molecule has 10 heteroatoms. The average Bonchev–Trinajstić information content (AvgIpc) is 3.09. The first-order chi connectivity index (χ1) is 25.0. The molecule has 0 aromatic heterocycles. The fourth-order valence-electron chi connectivity index (χ4n) is 5.89. The van der Waals surface area contributed by atoms with Crippen LogP contribution in [0.25, 0.3) is 0 Å². The smallest absolute Gasteiger partial charge is 0.462 e. The Morgan fingerprint density at radius 1 is 0.577 bits per heavy atom. The van der Waals surface area contributed by atoms with Gasteiger partial charge in [-0.05, 0) is 38.5 Å². The lowest BCUT2D eigenvalue weighted by Crippen LogP contribution is -2.37. The van der Waals surface area contributed by atoms with Crippen molar-refractivity contribution < 1.29 is 42.1 Å². The average molecular weight is 761 g/mol. The second-order valence-electron chi connectivity index (χ2n) is 15.7. The number of rotatable bonds is 39. The molecule has 0 fully saturated rings. The standard InChI is InChI=1S/C42H82NO8P/c1-6-8-10-12-14-16-18-20-21-22-23-25-27-29-31-33-35-42(45)51-40(39-50-52(46,47)49-37-36-43(3,4)5)38-48-41(44)34-32-30-28-26-24-19-17-15-13-11-9-7-2/h21-22,40H,6-20,23-39H2,1-5H3/p+1/b22-21-. The van der Waals surface area contributed by atoms with E-state index >= 15 is 0 Å². The number of hydrogen-bond acceptors (Lipinski definition) is 7. The van der Waals surface area contributed by atoms with Gasteiger partial charge in [-0.2, -0.15) is 0 Å². The lowest BCUT2D eigenvalue weighted by atomic mass is 10.0. The zero-order valence-corrected chi connectivity index (χ0v) is 35.5. The van der Waals surface area contributed by atoms with Gasteiger partial charge in [-0.25, -0.2) is 4.57 Å². The molecule has 1 N–H and O–H groups in total. The summed E-state index contributed by atoms with van der Waals surface area (Å²) in [6.07, 6.45) is 35.4. The van der Waals surface area contributed by atoms with E-state index in [2.05, 4.69) is 26.0 Å². The fraction of sp³-hybridized carbons (Fsp3) is 0.905. The number of phosphoric ester groups is 1. The second-order valence-corrected chi connectivity index (χ2v) is 17.2. The largest absolute Gasteiger partial charge is 0.472 e. The molecule has 0 aliphatic rings. The molecular weight excluding hydrogens is 677 g/mol. The third-order valence-corrected chi connectivity index (χ3v) is 10.3. The van der Waals surface area contributed by atoms with Crippen molar-refractivity contribution in [3.8, 4) is 0 Å². The normalized spacial score (nSPS) is 13.7. The van der Waals surface area contributed by atoms with Gasteiger partial charge in [-0.3, -0.25) is 18.6 Å². The van der Waals surface area contributed by atoms with Crippen LogP contribution >= 0.6 is 7.82 Å². The highest BCUT2D eigenvalue weighted by Gasteiger charge is 2.27. The first-order valence-electron chi connectivity index (χ1n) is 21.4. The molecular formula is C42H83NO8P+. The molecule has 0 aromatic rings. The molecule has 0 radical (unpaired) electrons. The van der Waals surface area contributed by atoms with E-state index in [1.54, 1.807) is 0 Å². The Morgan fingerprint density at radius 2 is 0.981 bits per heavy atom. The Hall–Kier alpha value is -1.25. The van der Waals surface area contributed by atoms with Crippen LogP contribution in [0, 0.1) is 0 Å². The molecule has 308 valence electrons. The molecule has 2 unspecified atom stereocenters. The molecule has 0 rings (SSSR count). The molecule has 0 amide bonds. The number of esters is 2. The third kappa shape index (κ3) is 38.5. The second kappa shape index (κ2) is 35.5. The van der Waals surface area contributed by atoms with Crippen LogP contribution in [-0.2, 0) is 32.7 Å². The van der Waals surface area contributed by atoms with E-state index in [0.717, 1.165) is 51.4 Å². The highest BCUT2D eigenvalue weighted by atomic mass is 31.2. The zero-order valence-electron chi connectivity index (χ0n) is 34.6. The Kier molecular flexibility index (Phi) is 34.6. The lowest BCUT2D eigenvalue weighted by molar-refractivity contribution is -0.870. The van der Waals surface area contributed by atoms with Gasteiger partial charge in [0.15, 0.2) is 6.10 Å². The summed E-state index contributed by atoms with van der Waals surface area (Å²) in [4.78, 5) is 35.3. The maximum atomic E-state index is 12.7. The van der Waals surface area contributed by atoms with Crippen LogP contribution in [0.15, 0.2) is 12.2 Å². The summed E-state index contributed by atoms with van der Waals surface area (Å²) in [5.74, 6) is -0.801. The minimum atomic E-state index is -4.37. The predicted octanol–water partition coefficient (Wildman–Crippen LogP) is 11.8. The highest BCUT2D eigenvalue weighted by molar-refractivity contribution is 7.47. The first-order valence-corrected chi connectivity index (χ1v) is 22.9. The summed E-state index contributed by atoms with van der Waals surface area (Å²) in [7, 11) is 1.48. The van der Waals surface area contributed by atoms with Gasteiger partial charge >= 0.3 is 19.8 Å². The van der Waals surface area contributed by atoms with E-state index in [1.165, 1.54) is 109 Å². The van der Waals surface area contributed by atoms with Crippen LogP contribution in [0.1, 0.15) is 194 Å². The number of unbranched alkanes of at least 4 members (excludes halogenated alkanes) is 23. The van der Waals surface area contributed by atoms with Crippen LogP contribution < -0.4 is 0 Å². The van der Waals surface area contributed by atoms with Gasteiger partial charge in [0.2, 0.25) is 0 Å². The topological polar surface area (TPSA) is 108 Å². The number of quaternary nitrogens is 1. The Bertz CT molecular complexity index is 907. The van der Waals surface area contributed by atoms with Crippen molar-refractivity contribution >= 4 is 19.8 Å². The summed E-state index contributed by atoms with van der Waals surface area (Å²) >= 11 is 0. The van der Waals surface area contributed by atoms with E-state index in [0.29, 0.717) is 23.9 Å². The molecule has 0 saturated heterocycles. The molecule has 0 aliphatic carbocycles. The van der Waals surface area contributed by atoms with Gasteiger partial charge < -0.3 is 18.9 Å². The van der Waals surface area contributed by atoms with Crippen LogP contribution in [0.5, 0.6) is 0 Å². The first kappa shape index (κ1) is 50.8. The molecule has 0 saturated carbocycles. The van der Waals surface area contributed by atoms with Gasteiger partial charge in [-0.15, -0.1) is 0 Å². The summed E-state index contributed by atoms with van der Waals surface area (Å²) in [5.41, 5.74) is 0. The maximum Gasteiger partial charge on any atom is 0.472 e. The summed E-state index contributed by atoms with van der Waals surface area (Å²) in [6, 6.07) is 0. The summed E-state index contributed by atoms with van der Waals surface area (Å²) in [5, 5.41) is 0. The van der Waals surface area contributed by atoms with E-state index in [-0.39, 0.29) is 25.6 Å². The molecule has 0 aliphatic heterocycles. The molecule has 0 spiro atoms. The molecule has 52 heavy (non-hydrogen) atoms. The number of hydrogen-bond donors (Lipinski definition) is 1. The molecule has 9 nitrogen and oxygen atoms in total. The number of likely N-dealkylation sites (N-methyl/N-ethyl adjacent to an activating group) is 1. The number of allylic oxidation sites excluding steroid dienone is 2. The van der Waals surface area contributed by atoms with Crippen LogP contribution in [0.3, 0.4) is 0 Å². The Balaban J connectivity index is 4.37. The number of carbonyl (C=O) groups excluding carboxylic acids is 2. The van der Waals surface area contributed by atoms with Crippen molar-refractivity contribution in [1.82, 2.24) is 0 Å². The van der Waals surface area contributed by atoms with Gasteiger partial charge in [-0.1, -0.05) is 154 Å². The van der Waals surface area contributed by atoms with E-state index < -0.39 is 26.5 Å². The van der Waals surface area contributed by atoms with Crippen molar-refractivity contribution in [1.29, 1.82) is 0 Å². The summed E-state index contributed by atoms with van der Waals surface area (Å²) < 4.78 is 34.2. The van der Waals surface area contributed by atoms with Crippen LogP contribution in [0.4, 0.5) is 0 Å². The number of ether oxygens (including phenoxy) is 2. The number of nitrogens with zero attached hydrogens (tertiary/aromatic N) is 1. The van der Waals surface area contributed by atoms with E-state index in [1.807, 2.05) is 21.1 Å². The van der Waals surface area contributed by atoms with Crippen molar-refractivity contribution in [3.05, 3.63) is 12.2 Å². The highest BCUT2D eigenvalue weighted by Crippen LogP contribution is 2.43. The zero-order chi connectivity index (χ0) is 38.6. The van der Waals surface area contributed by atoms with Gasteiger partial charge in [0, 0.05) is 12.8 Å². The van der Waals surface area contributed by atoms with Gasteiger partial charge in [0.25, 0.3) is 0 Å². The van der Waals surface area contributed by atoms with Crippen molar-refractivity contribution in [2.24, 2.45) is 0 Å². The van der Waals surface area contributed by atoms with E-state index in [4.69, 9.17) is 18.5 Å². The van der Waals surface area contributed by atoms with E-state index in [9.17, 15) is 19.0 Å². The van der Waals surface area contributed by atoms with Crippen molar-refractivity contribution in [3.63, 3.8) is 0 Å². The lowest BCUT2D eigenvalue weighted by Gasteiger charge is -2.24. The molecule has 0 aromatic carbocycles. The minimum absolute atomic E-state index is 0.0330. The van der Waals surface area contributed by atoms with Gasteiger partial charge in [0.1, 0.15) is 19.8 Å². The Morgan fingerprint density at radius 3 is 1.42 bits per heavy atom. The van der Waals surface area contributed by atoms with Gasteiger partial charge in [0.05, 0.1) is 27.7 Å².